The SMILES string of the molecule is C1=CCCC(c2cccc(-c3cc(-c4cccc(-c5ccccc5)c4)cc(N4c5ccc(-c6ccc(-c7cccc(N(c8ccc9ccccc9c8)c8cccc9ccccc89)c7)cc6)cc5C5=CC=CCC54)c3)c2)=C1. The van der Waals surface area contributed by atoms with Gasteiger partial charge in [-0.15, -0.1) is 0 Å². The van der Waals surface area contributed by atoms with Gasteiger partial charge in [-0.1, -0.05) is 212 Å². The molecule has 2 nitrogen and oxygen atoms in total. The van der Waals surface area contributed by atoms with Crippen LogP contribution >= 0.6 is 0 Å². The molecule has 1 aliphatic heterocycles. The summed E-state index contributed by atoms with van der Waals surface area (Å²) in [7, 11) is 0. The van der Waals surface area contributed by atoms with E-state index in [-0.39, 0.29) is 6.04 Å². The number of benzene rings is 11. The summed E-state index contributed by atoms with van der Waals surface area (Å²) in [6, 6.07) is 92.3. The second kappa shape index (κ2) is 19.4. The minimum atomic E-state index is 0.178. The fraction of sp³-hybridized carbons (Fsp3) is 0.0541. The van der Waals surface area contributed by atoms with E-state index in [1.54, 1.807) is 0 Å². The lowest BCUT2D eigenvalue weighted by molar-refractivity contribution is 0.830. The number of hydrogen-bond donors (Lipinski definition) is 0. The first-order chi connectivity index (χ1) is 37.6. The van der Waals surface area contributed by atoms with Gasteiger partial charge < -0.3 is 9.80 Å². The Kier molecular flexibility index (Phi) is 11.5. The normalized spacial score (nSPS) is 14.6. The predicted octanol–water partition coefficient (Wildman–Crippen LogP) is 20.4. The third kappa shape index (κ3) is 8.44. The summed E-state index contributed by atoms with van der Waals surface area (Å²) in [6.07, 6.45) is 16.7. The Balaban J connectivity index is 0.823. The van der Waals surface area contributed by atoms with Crippen molar-refractivity contribution < 1.29 is 0 Å². The van der Waals surface area contributed by atoms with E-state index in [1.807, 2.05) is 0 Å². The molecule has 0 N–H and O–H groups in total. The highest BCUT2D eigenvalue weighted by atomic mass is 15.2. The third-order valence-corrected chi connectivity index (χ3v) is 15.7. The van der Waals surface area contributed by atoms with Gasteiger partial charge in [-0.25, -0.2) is 0 Å². The smallest absolute Gasteiger partial charge is 0.0632 e. The first-order valence-electron chi connectivity index (χ1n) is 26.7. The Labute approximate surface area is 445 Å². The van der Waals surface area contributed by atoms with Crippen LogP contribution in [0.1, 0.15) is 30.4 Å². The van der Waals surface area contributed by atoms with Crippen molar-refractivity contribution in [2.75, 3.05) is 9.80 Å². The first-order valence-corrected chi connectivity index (χ1v) is 26.7. The fourth-order valence-corrected chi connectivity index (χ4v) is 11.9. The fourth-order valence-electron chi connectivity index (χ4n) is 11.9. The first kappa shape index (κ1) is 45.1. The average molecular weight is 971 g/mol. The summed E-state index contributed by atoms with van der Waals surface area (Å²) < 4.78 is 0. The van der Waals surface area contributed by atoms with E-state index in [2.05, 4.69) is 295 Å². The topological polar surface area (TPSA) is 6.48 Å². The lowest BCUT2D eigenvalue weighted by Gasteiger charge is -2.29. The molecule has 11 aromatic rings. The second-order valence-electron chi connectivity index (χ2n) is 20.4. The zero-order chi connectivity index (χ0) is 50.4. The van der Waals surface area contributed by atoms with Crippen LogP contribution < -0.4 is 9.80 Å². The van der Waals surface area contributed by atoms with Gasteiger partial charge in [0.1, 0.15) is 0 Å². The summed E-state index contributed by atoms with van der Waals surface area (Å²) in [5, 5.41) is 4.88. The molecule has 3 aliphatic rings. The van der Waals surface area contributed by atoms with Crippen LogP contribution in [-0.4, -0.2) is 6.04 Å². The molecule has 1 unspecified atom stereocenters. The van der Waals surface area contributed by atoms with Crippen LogP contribution in [0.5, 0.6) is 0 Å². The van der Waals surface area contributed by atoms with Gasteiger partial charge in [0.25, 0.3) is 0 Å². The van der Waals surface area contributed by atoms with E-state index in [4.69, 9.17) is 0 Å². The van der Waals surface area contributed by atoms with Gasteiger partial charge in [0, 0.05) is 33.7 Å². The number of hydrogen-bond acceptors (Lipinski definition) is 2. The van der Waals surface area contributed by atoms with Crippen molar-refractivity contribution in [2.24, 2.45) is 0 Å². The zero-order valence-corrected chi connectivity index (χ0v) is 42.2. The summed E-state index contributed by atoms with van der Waals surface area (Å²) in [4.78, 5) is 5.02. The van der Waals surface area contributed by atoms with Gasteiger partial charge in [0.2, 0.25) is 0 Å². The van der Waals surface area contributed by atoms with Crippen LogP contribution in [0.2, 0.25) is 0 Å². The van der Waals surface area contributed by atoms with Crippen LogP contribution in [-0.2, 0) is 0 Å². The molecule has 0 radical (unpaired) electrons. The quantitative estimate of drug-likeness (QED) is 0.135. The number of nitrogens with zero attached hydrogens (tertiary/aromatic N) is 2. The highest BCUT2D eigenvalue weighted by Gasteiger charge is 2.35. The molecule has 1 atom stereocenters. The molecule has 0 amide bonds. The molecular formula is C74H54N2. The van der Waals surface area contributed by atoms with E-state index in [0.717, 1.165) is 36.3 Å². The molecule has 360 valence electrons. The number of allylic oxidation sites excluding steroid dienone is 6. The predicted molar refractivity (Wildman–Crippen MR) is 324 cm³/mol. The number of anilines is 5. The van der Waals surface area contributed by atoms with Crippen LogP contribution in [0.3, 0.4) is 0 Å². The Morgan fingerprint density at radius 3 is 1.71 bits per heavy atom. The van der Waals surface area contributed by atoms with Crippen molar-refractivity contribution in [1.82, 2.24) is 0 Å². The molecule has 0 spiro atoms. The second-order valence-corrected chi connectivity index (χ2v) is 20.4. The minimum Gasteiger partial charge on any atom is -0.333 e. The standard InChI is InChI=1S/C74H54N2/c1-3-17-51(18-4-1)57-25-13-27-59(43-57)64-45-65(60-28-14-26-58(44-60)52-19-5-2-6-20-52)49-68(48-64)76-73-33-12-11-32-70(73)71-50-63(40-42-74(71)76)55-37-35-54(36-38-55)62-29-15-30-66(46-62)75(67-41-39-53-21-7-8-23-61(53)47-67)72-34-16-24-56-22-9-10-31-69(56)72/h1-5,7-19,21-32,34-50,73H,6,20,33H2. The Morgan fingerprint density at radius 2 is 0.934 bits per heavy atom. The lowest BCUT2D eigenvalue weighted by Crippen LogP contribution is -2.27. The van der Waals surface area contributed by atoms with E-state index in [1.165, 1.54) is 111 Å². The van der Waals surface area contributed by atoms with Gasteiger partial charge >= 0.3 is 0 Å². The van der Waals surface area contributed by atoms with Crippen molar-refractivity contribution in [2.45, 2.75) is 25.3 Å². The molecule has 0 saturated heterocycles. The molecule has 14 rings (SSSR count). The molecule has 0 bridgehead atoms. The maximum absolute atomic E-state index is 2.61. The van der Waals surface area contributed by atoms with E-state index < -0.39 is 0 Å². The molecular weight excluding hydrogens is 917 g/mol. The van der Waals surface area contributed by atoms with Crippen molar-refractivity contribution in [3.8, 4) is 55.6 Å². The molecule has 11 aromatic carbocycles. The van der Waals surface area contributed by atoms with Crippen molar-refractivity contribution in [3.63, 3.8) is 0 Å². The lowest BCUT2D eigenvalue weighted by atomic mass is 9.92. The van der Waals surface area contributed by atoms with Crippen LogP contribution in [0.15, 0.2) is 285 Å². The monoisotopic (exact) mass is 970 g/mol. The molecule has 0 aromatic heterocycles. The number of rotatable bonds is 10. The largest absolute Gasteiger partial charge is 0.333 e. The van der Waals surface area contributed by atoms with Crippen molar-refractivity contribution >= 4 is 61.1 Å². The number of fused-ring (bicyclic) bond motifs is 5. The molecule has 0 saturated carbocycles. The van der Waals surface area contributed by atoms with Crippen molar-refractivity contribution in [3.05, 3.63) is 296 Å². The Morgan fingerprint density at radius 1 is 0.368 bits per heavy atom. The highest BCUT2D eigenvalue weighted by Crippen LogP contribution is 2.50. The highest BCUT2D eigenvalue weighted by molar-refractivity contribution is 6.01. The summed E-state index contributed by atoms with van der Waals surface area (Å²) >= 11 is 0. The van der Waals surface area contributed by atoms with E-state index in [9.17, 15) is 0 Å². The molecule has 0 fully saturated rings. The van der Waals surface area contributed by atoms with Gasteiger partial charge in [-0.2, -0.15) is 0 Å². The van der Waals surface area contributed by atoms with Gasteiger partial charge in [0.15, 0.2) is 0 Å². The van der Waals surface area contributed by atoms with Gasteiger partial charge in [-0.05, 0) is 181 Å². The summed E-state index contributed by atoms with van der Waals surface area (Å²) in [6.45, 7) is 0. The van der Waals surface area contributed by atoms with E-state index in [0.29, 0.717) is 0 Å². The molecule has 1 heterocycles. The third-order valence-electron chi connectivity index (χ3n) is 15.7. The van der Waals surface area contributed by atoms with Crippen molar-refractivity contribution in [1.29, 1.82) is 0 Å². The Bertz CT molecular complexity index is 4150. The zero-order valence-electron chi connectivity index (χ0n) is 42.2. The average Bonchev–Trinajstić information content (AvgIpc) is 3.84. The van der Waals surface area contributed by atoms with E-state index >= 15 is 0 Å². The summed E-state index contributed by atoms with van der Waals surface area (Å²) in [5.74, 6) is 0. The van der Waals surface area contributed by atoms with Gasteiger partial charge in [0.05, 0.1) is 11.7 Å². The molecule has 2 aliphatic carbocycles. The summed E-state index contributed by atoms with van der Waals surface area (Å²) in [5.41, 5.74) is 23.2. The molecule has 2 heteroatoms. The molecule has 76 heavy (non-hydrogen) atoms. The maximum atomic E-state index is 2.61. The van der Waals surface area contributed by atoms with Crippen LogP contribution in [0.25, 0.3) is 88.3 Å². The Hall–Kier alpha value is -9.50. The van der Waals surface area contributed by atoms with Crippen LogP contribution in [0.4, 0.5) is 28.4 Å². The maximum Gasteiger partial charge on any atom is 0.0632 e. The van der Waals surface area contributed by atoms with Crippen LogP contribution in [0, 0.1) is 0 Å². The van der Waals surface area contributed by atoms with Gasteiger partial charge in [-0.3, -0.25) is 0 Å². The minimum absolute atomic E-state index is 0.178.